The third-order valence-corrected chi connectivity index (χ3v) is 5.99. The molecule has 150 valence electrons. The Labute approximate surface area is 171 Å². The SMILES string of the molecule is NC(=O)c1cc(Cl)ccc1OC1CCC2(CC1)C(=O)Nc1ccc(C(=O)O)cc12. The van der Waals surface area contributed by atoms with E-state index in [1.165, 1.54) is 12.1 Å². The number of halogens is 1. The molecule has 2 aromatic carbocycles. The standard InChI is InChI=1S/C21H19ClN2O5/c22-12-2-4-17(14(10-12)18(23)25)29-13-5-7-21(8-6-13)15-9-11(19(26)27)1-3-16(15)24-20(21)28/h1-4,9-10,13H,5-8H2,(H2,23,25)(H,24,28)(H,26,27). The Morgan fingerprint density at radius 1 is 1.17 bits per heavy atom. The molecule has 0 saturated heterocycles. The number of carboxylic acids is 1. The van der Waals surface area contributed by atoms with Crippen molar-refractivity contribution in [1.82, 2.24) is 0 Å². The highest BCUT2D eigenvalue weighted by atomic mass is 35.5. The Morgan fingerprint density at radius 3 is 2.55 bits per heavy atom. The molecule has 0 radical (unpaired) electrons. The fraction of sp³-hybridized carbons (Fsp3) is 0.286. The highest BCUT2D eigenvalue weighted by molar-refractivity contribution is 6.31. The molecule has 1 aliphatic carbocycles. The van der Waals surface area contributed by atoms with Crippen LogP contribution in [0, 0.1) is 0 Å². The number of carbonyl (C=O) groups excluding carboxylic acids is 2. The Bertz CT molecular complexity index is 1030. The van der Waals surface area contributed by atoms with E-state index in [0.717, 1.165) is 5.56 Å². The normalized spacial score (nSPS) is 22.8. The van der Waals surface area contributed by atoms with Gasteiger partial charge in [-0.05, 0) is 67.6 Å². The molecule has 1 heterocycles. The van der Waals surface area contributed by atoms with Crippen LogP contribution >= 0.6 is 11.6 Å². The minimum atomic E-state index is -1.03. The van der Waals surface area contributed by atoms with E-state index in [1.807, 2.05) is 0 Å². The maximum absolute atomic E-state index is 12.8. The molecular formula is C21H19ClN2O5. The molecule has 29 heavy (non-hydrogen) atoms. The summed E-state index contributed by atoms with van der Waals surface area (Å²) in [4.78, 5) is 35.8. The smallest absolute Gasteiger partial charge is 0.335 e. The number of nitrogens with two attached hydrogens (primary N) is 1. The van der Waals surface area contributed by atoms with Crippen molar-refractivity contribution in [3.63, 3.8) is 0 Å². The number of hydrogen-bond donors (Lipinski definition) is 3. The van der Waals surface area contributed by atoms with Crippen molar-refractivity contribution in [3.05, 3.63) is 58.1 Å². The van der Waals surface area contributed by atoms with Crippen molar-refractivity contribution in [3.8, 4) is 5.75 Å². The molecule has 1 spiro atoms. The average molecular weight is 415 g/mol. The van der Waals surface area contributed by atoms with Crippen LogP contribution in [-0.2, 0) is 10.2 Å². The third-order valence-electron chi connectivity index (χ3n) is 5.75. The van der Waals surface area contributed by atoms with Gasteiger partial charge in [-0.3, -0.25) is 9.59 Å². The van der Waals surface area contributed by atoms with Gasteiger partial charge in [-0.1, -0.05) is 11.6 Å². The van der Waals surface area contributed by atoms with E-state index >= 15 is 0 Å². The number of carbonyl (C=O) groups is 3. The largest absolute Gasteiger partial charge is 0.490 e. The predicted octanol–water partition coefficient (Wildman–Crippen LogP) is 3.35. The Balaban J connectivity index is 1.55. The van der Waals surface area contributed by atoms with Gasteiger partial charge in [-0.25, -0.2) is 4.79 Å². The van der Waals surface area contributed by atoms with Crippen LogP contribution < -0.4 is 15.8 Å². The molecule has 0 bridgehead atoms. The summed E-state index contributed by atoms with van der Waals surface area (Å²) in [5.41, 5.74) is 6.42. The van der Waals surface area contributed by atoms with E-state index in [2.05, 4.69) is 5.32 Å². The summed E-state index contributed by atoms with van der Waals surface area (Å²) >= 11 is 5.93. The first kappa shape index (κ1) is 19.3. The molecule has 1 aliphatic heterocycles. The number of ether oxygens (including phenoxy) is 1. The maximum Gasteiger partial charge on any atom is 0.335 e. The second-order valence-electron chi connectivity index (χ2n) is 7.42. The molecule has 1 fully saturated rings. The van der Waals surface area contributed by atoms with E-state index in [1.54, 1.807) is 24.3 Å². The molecule has 2 aliphatic rings. The van der Waals surface area contributed by atoms with Gasteiger partial charge in [0.15, 0.2) is 0 Å². The lowest BCUT2D eigenvalue weighted by atomic mass is 9.69. The Hall–Kier alpha value is -3.06. The van der Waals surface area contributed by atoms with Crippen LogP contribution in [0.25, 0.3) is 0 Å². The van der Waals surface area contributed by atoms with E-state index in [0.29, 0.717) is 42.1 Å². The second kappa shape index (κ2) is 7.08. The van der Waals surface area contributed by atoms with Gasteiger partial charge < -0.3 is 20.9 Å². The van der Waals surface area contributed by atoms with Crippen molar-refractivity contribution in [2.24, 2.45) is 5.73 Å². The summed E-state index contributed by atoms with van der Waals surface area (Å²) in [5.74, 6) is -1.40. The predicted molar refractivity (Wildman–Crippen MR) is 107 cm³/mol. The van der Waals surface area contributed by atoms with E-state index in [4.69, 9.17) is 22.1 Å². The van der Waals surface area contributed by atoms with Crippen LogP contribution in [0.15, 0.2) is 36.4 Å². The van der Waals surface area contributed by atoms with Gasteiger partial charge in [0.1, 0.15) is 5.75 Å². The number of benzene rings is 2. The summed E-state index contributed by atoms with van der Waals surface area (Å²) in [6, 6.07) is 9.42. The lowest BCUT2D eigenvalue weighted by Crippen LogP contribution is -2.41. The van der Waals surface area contributed by atoms with Gasteiger partial charge >= 0.3 is 5.97 Å². The molecule has 1 saturated carbocycles. The quantitative estimate of drug-likeness (QED) is 0.708. The molecular weight excluding hydrogens is 396 g/mol. The number of aromatic carboxylic acids is 1. The van der Waals surface area contributed by atoms with Gasteiger partial charge in [-0.15, -0.1) is 0 Å². The highest BCUT2D eigenvalue weighted by Crippen LogP contribution is 2.48. The maximum atomic E-state index is 12.8. The van der Waals surface area contributed by atoms with Crippen LogP contribution in [0.5, 0.6) is 5.75 Å². The van der Waals surface area contributed by atoms with Crippen LogP contribution in [-0.4, -0.2) is 29.0 Å². The minimum Gasteiger partial charge on any atom is -0.490 e. The molecule has 8 heteroatoms. The number of rotatable bonds is 4. The van der Waals surface area contributed by atoms with Crippen molar-refractivity contribution in [1.29, 1.82) is 0 Å². The van der Waals surface area contributed by atoms with Crippen LogP contribution in [0.3, 0.4) is 0 Å². The zero-order valence-electron chi connectivity index (χ0n) is 15.4. The topological polar surface area (TPSA) is 119 Å². The summed E-state index contributed by atoms with van der Waals surface area (Å²) in [7, 11) is 0. The lowest BCUT2D eigenvalue weighted by molar-refractivity contribution is -0.122. The lowest BCUT2D eigenvalue weighted by Gasteiger charge is -2.36. The number of primary amides is 1. The molecule has 0 atom stereocenters. The summed E-state index contributed by atoms with van der Waals surface area (Å²) in [6.45, 7) is 0. The fourth-order valence-corrected chi connectivity index (χ4v) is 4.39. The van der Waals surface area contributed by atoms with Crippen molar-refractivity contribution >= 4 is 35.1 Å². The number of hydrogen-bond acceptors (Lipinski definition) is 4. The van der Waals surface area contributed by atoms with Crippen molar-refractivity contribution in [2.75, 3.05) is 5.32 Å². The monoisotopic (exact) mass is 414 g/mol. The number of fused-ring (bicyclic) bond motifs is 2. The molecule has 0 aromatic heterocycles. The second-order valence-corrected chi connectivity index (χ2v) is 7.86. The van der Waals surface area contributed by atoms with Crippen molar-refractivity contribution < 1.29 is 24.2 Å². The Morgan fingerprint density at radius 2 is 1.90 bits per heavy atom. The first-order valence-corrected chi connectivity index (χ1v) is 9.63. The van der Waals surface area contributed by atoms with E-state index in [-0.39, 0.29) is 23.1 Å². The molecule has 2 aromatic rings. The molecule has 2 amide bonds. The summed E-state index contributed by atoms with van der Waals surface area (Å²) in [6.07, 6.45) is 1.98. The first-order chi connectivity index (χ1) is 13.8. The van der Waals surface area contributed by atoms with Gasteiger partial charge in [0.2, 0.25) is 5.91 Å². The number of amides is 2. The highest BCUT2D eigenvalue weighted by Gasteiger charge is 2.49. The third kappa shape index (κ3) is 3.31. The molecule has 4 N–H and O–H groups in total. The number of carboxylic acid groups (broad SMARTS) is 1. The van der Waals surface area contributed by atoms with Gasteiger partial charge in [0, 0.05) is 10.7 Å². The van der Waals surface area contributed by atoms with Crippen LogP contribution in [0.2, 0.25) is 5.02 Å². The number of anilines is 1. The van der Waals surface area contributed by atoms with Crippen LogP contribution in [0.4, 0.5) is 5.69 Å². The molecule has 7 nitrogen and oxygen atoms in total. The van der Waals surface area contributed by atoms with E-state index < -0.39 is 17.3 Å². The average Bonchev–Trinajstić information content (AvgIpc) is 2.95. The van der Waals surface area contributed by atoms with Crippen molar-refractivity contribution in [2.45, 2.75) is 37.2 Å². The molecule has 4 rings (SSSR count). The first-order valence-electron chi connectivity index (χ1n) is 9.25. The van der Waals surface area contributed by atoms with Gasteiger partial charge in [-0.2, -0.15) is 0 Å². The fourth-order valence-electron chi connectivity index (χ4n) is 4.22. The minimum absolute atomic E-state index is 0.113. The molecule has 0 unspecified atom stereocenters. The van der Waals surface area contributed by atoms with Crippen LogP contribution in [0.1, 0.15) is 52.0 Å². The summed E-state index contributed by atoms with van der Waals surface area (Å²) < 4.78 is 6.01. The summed E-state index contributed by atoms with van der Waals surface area (Å²) in [5, 5.41) is 12.6. The zero-order chi connectivity index (χ0) is 20.8. The van der Waals surface area contributed by atoms with Gasteiger partial charge in [0.25, 0.3) is 5.91 Å². The zero-order valence-corrected chi connectivity index (χ0v) is 16.2. The number of nitrogens with one attached hydrogen (secondary N) is 1. The van der Waals surface area contributed by atoms with E-state index in [9.17, 15) is 19.5 Å². The Kier molecular flexibility index (Phi) is 4.70. The van der Waals surface area contributed by atoms with Gasteiger partial charge in [0.05, 0.1) is 22.6 Å².